The molecular formula is C31H25NO8. The minimum atomic E-state index is -1.21. The smallest absolute Gasteiger partial charge is 0.338 e. The van der Waals surface area contributed by atoms with Crippen molar-refractivity contribution in [3.05, 3.63) is 132 Å². The van der Waals surface area contributed by atoms with Crippen LogP contribution in [0.4, 0.5) is 0 Å². The maximum atomic E-state index is 13.1. The number of rotatable bonds is 9. The number of esters is 3. The number of carbonyl (C=O) groups excluding carboxylic acids is 3. The minimum Gasteiger partial charge on any atom is -0.459 e. The van der Waals surface area contributed by atoms with Gasteiger partial charge in [-0.1, -0.05) is 54.6 Å². The first-order chi connectivity index (χ1) is 19.6. The predicted molar refractivity (Wildman–Crippen MR) is 142 cm³/mol. The molecule has 1 aliphatic heterocycles. The molecule has 0 amide bonds. The molecular weight excluding hydrogens is 514 g/mol. The first-order valence-corrected chi connectivity index (χ1v) is 12.5. The standard InChI is InChI=1S/C31H25NO8/c33-28(21-11-4-1-5-12-21)36-20-25-26(39-29(34)22-13-6-2-7-14-22)27(40-30(35)23-15-8-3-9-16-23)31(38-25)37-24-17-10-18-32-19-24/h1-19,25-27,31H,20H2/t25-,26-,27-,31?/m1/s1. The summed E-state index contributed by atoms with van der Waals surface area (Å²) in [5.41, 5.74) is 0.913. The van der Waals surface area contributed by atoms with Crippen molar-refractivity contribution in [2.75, 3.05) is 6.61 Å². The Labute approximate surface area is 230 Å². The van der Waals surface area contributed by atoms with Crippen molar-refractivity contribution in [3.8, 4) is 5.75 Å². The van der Waals surface area contributed by atoms with E-state index in [1.807, 2.05) is 0 Å². The molecule has 9 nitrogen and oxygen atoms in total. The van der Waals surface area contributed by atoms with Crippen molar-refractivity contribution in [1.82, 2.24) is 4.98 Å². The van der Waals surface area contributed by atoms with Gasteiger partial charge in [-0.05, 0) is 48.5 Å². The number of carbonyl (C=O) groups is 3. The molecule has 1 unspecified atom stereocenters. The summed E-state index contributed by atoms with van der Waals surface area (Å²) in [6.45, 7) is -0.299. The van der Waals surface area contributed by atoms with Gasteiger partial charge in [-0.25, -0.2) is 14.4 Å². The molecule has 0 bridgehead atoms. The fraction of sp³-hybridized carbons (Fsp3) is 0.161. The molecule has 1 saturated heterocycles. The Hall–Kier alpha value is -5.02. The summed E-state index contributed by atoms with van der Waals surface area (Å²) in [6.07, 6.45) is -1.56. The van der Waals surface area contributed by atoms with Crippen LogP contribution in [0.25, 0.3) is 0 Å². The molecule has 1 fully saturated rings. The topological polar surface area (TPSA) is 110 Å². The van der Waals surface area contributed by atoms with E-state index in [4.69, 9.17) is 23.7 Å². The summed E-state index contributed by atoms with van der Waals surface area (Å²) in [4.78, 5) is 42.9. The van der Waals surface area contributed by atoms with Crippen molar-refractivity contribution >= 4 is 17.9 Å². The van der Waals surface area contributed by atoms with Crippen LogP contribution in [-0.4, -0.2) is 54.1 Å². The van der Waals surface area contributed by atoms with E-state index in [1.165, 1.54) is 6.20 Å². The number of pyridine rings is 1. The second-order valence-electron chi connectivity index (χ2n) is 8.79. The first-order valence-electron chi connectivity index (χ1n) is 12.5. The molecule has 0 N–H and O–H groups in total. The fourth-order valence-electron chi connectivity index (χ4n) is 4.09. The molecule has 4 aromatic rings. The molecule has 0 aliphatic carbocycles. The quantitative estimate of drug-likeness (QED) is 0.224. The van der Waals surface area contributed by atoms with Crippen molar-refractivity contribution < 1.29 is 38.1 Å². The molecule has 1 aliphatic rings. The second-order valence-corrected chi connectivity index (χ2v) is 8.79. The highest BCUT2D eigenvalue weighted by molar-refractivity contribution is 5.91. The van der Waals surface area contributed by atoms with Gasteiger partial charge in [0.05, 0.1) is 22.9 Å². The van der Waals surface area contributed by atoms with Gasteiger partial charge in [-0.15, -0.1) is 0 Å². The highest BCUT2D eigenvalue weighted by Crippen LogP contribution is 2.31. The lowest BCUT2D eigenvalue weighted by Gasteiger charge is -2.24. The molecule has 5 rings (SSSR count). The Balaban J connectivity index is 1.43. The number of hydrogen-bond acceptors (Lipinski definition) is 9. The van der Waals surface area contributed by atoms with Crippen molar-refractivity contribution in [3.63, 3.8) is 0 Å². The van der Waals surface area contributed by atoms with Gasteiger partial charge >= 0.3 is 17.9 Å². The fourth-order valence-corrected chi connectivity index (χ4v) is 4.09. The van der Waals surface area contributed by atoms with Crippen LogP contribution in [0.3, 0.4) is 0 Å². The lowest BCUT2D eigenvalue weighted by molar-refractivity contribution is -0.120. The van der Waals surface area contributed by atoms with Crippen molar-refractivity contribution in [1.29, 1.82) is 0 Å². The third-order valence-corrected chi connectivity index (χ3v) is 6.05. The summed E-state index contributed by atoms with van der Waals surface area (Å²) < 4.78 is 29.2. The SMILES string of the molecule is O=C(OC[C@H]1OC(Oc2cccnc2)[C@H](OC(=O)c2ccccc2)[C@@H]1OC(=O)c1ccccc1)c1ccccc1. The summed E-state index contributed by atoms with van der Waals surface area (Å²) in [7, 11) is 0. The van der Waals surface area contributed by atoms with Crippen LogP contribution in [-0.2, 0) is 18.9 Å². The van der Waals surface area contributed by atoms with Gasteiger partial charge in [0.1, 0.15) is 18.5 Å². The third-order valence-electron chi connectivity index (χ3n) is 6.05. The zero-order chi connectivity index (χ0) is 27.7. The summed E-state index contributed by atoms with van der Waals surface area (Å²) >= 11 is 0. The van der Waals surface area contributed by atoms with E-state index < -0.39 is 42.5 Å². The first kappa shape index (κ1) is 26.6. The van der Waals surface area contributed by atoms with Crippen LogP contribution in [0, 0.1) is 0 Å². The maximum absolute atomic E-state index is 13.1. The minimum absolute atomic E-state index is 0.285. The van der Waals surface area contributed by atoms with E-state index in [-0.39, 0.29) is 17.7 Å². The van der Waals surface area contributed by atoms with E-state index in [9.17, 15) is 14.4 Å². The van der Waals surface area contributed by atoms with Gasteiger partial charge in [-0.2, -0.15) is 0 Å². The average Bonchev–Trinajstić information content (AvgIpc) is 3.32. The van der Waals surface area contributed by atoms with Gasteiger partial charge in [0, 0.05) is 6.20 Å². The van der Waals surface area contributed by atoms with Gasteiger partial charge in [0.15, 0.2) is 6.10 Å². The summed E-state index contributed by atoms with van der Waals surface area (Å²) in [5.74, 6) is -1.59. The largest absolute Gasteiger partial charge is 0.459 e. The monoisotopic (exact) mass is 539 g/mol. The van der Waals surface area contributed by atoms with E-state index in [0.717, 1.165) is 0 Å². The highest BCUT2D eigenvalue weighted by Gasteiger charge is 2.52. The molecule has 0 saturated carbocycles. The Kier molecular flexibility index (Phi) is 8.43. The molecule has 3 aromatic carbocycles. The van der Waals surface area contributed by atoms with Crippen LogP contribution < -0.4 is 4.74 Å². The lowest BCUT2D eigenvalue weighted by Crippen LogP contribution is -2.43. The van der Waals surface area contributed by atoms with Crippen LogP contribution in [0.15, 0.2) is 116 Å². The van der Waals surface area contributed by atoms with Gasteiger partial charge in [-0.3, -0.25) is 4.98 Å². The van der Waals surface area contributed by atoms with E-state index in [0.29, 0.717) is 11.3 Å². The van der Waals surface area contributed by atoms with Gasteiger partial charge in [0.25, 0.3) is 0 Å². The molecule has 0 spiro atoms. The van der Waals surface area contributed by atoms with Crippen molar-refractivity contribution in [2.45, 2.75) is 24.6 Å². The normalized spacial score (nSPS) is 19.8. The van der Waals surface area contributed by atoms with Crippen LogP contribution in [0.5, 0.6) is 5.75 Å². The Morgan fingerprint density at radius 3 is 1.70 bits per heavy atom. The highest BCUT2D eigenvalue weighted by atomic mass is 16.7. The Bertz CT molecular complexity index is 1420. The van der Waals surface area contributed by atoms with Gasteiger partial charge in [0.2, 0.25) is 12.4 Å². The Morgan fingerprint density at radius 2 is 1.18 bits per heavy atom. The summed E-state index contributed by atoms with van der Waals surface area (Å²) in [5, 5.41) is 0. The number of aromatic nitrogens is 1. The van der Waals surface area contributed by atoms with E-state index in [1.54, 1.807) is 109 Å². The predicted octanol–water partition coefficient (Wildman–Crippen LogP) is 4.49. The number of ether oxygens (including phenoxy) is 5. The van der Waals surface area contributed by atoms with E-state index in [2.05, 4.69) is 4.98 Å². The lowest BCUT2D eigenvalue weighted by atomic mass is 10.1. The average molecular weight is 540 g/mol. The summed E-state index contributed by atoms with van der Waals surface area (Å²) in [6, 6.07) is 28.5. The number of benzene rings is 3. The zero-order valence-corrected chi connectivity index (χ0v) is 21.2. The maximum Gasteiger partial charge on any atom is 0.338 e. The molecule has 202 valence electrons. The van der Waals surface area contributed by atoms with Crippen LogP contribution >= 0.6 is 0 Å². The molecule has 0 radical (unpaired) electrons. The zero-order valence-electron chi connectivity index (χ0n) is 21.2. The number of nitrogens with zero attached hydrogens (tertiary/aromatic N) is 1. The second kappa shape index (κ2) is 12.7. The van der Waals surface area contributed by atoms with Crippen LogP contribution in [0.2, 0.25) is 0 Å². The third kappa shape index (κ3) is 6.51. The molecule has 40 heavy (non-hydrogen) atoms. The molecule has 1 aromatic heterocycles. The molecule has 2 heterocycles. The number of hydrogen-bond donors (Lipinski definition) is 0. The van der Waals surface area contributed by atoms with Crippen LogP contribution in [0.1, 0.15) is 31.1 Å². The molecule has 9 heteroatoms. The van der Waals surface area contributed by atoms with Gasteiger partial charge < -0.3 is 23.7 Å². The van der Waals surface area contributed by atoms with Crippen molar-refractivity contribution in [2.24, 2.45) is 0 Å². The Morgan fingerprint density at radius 1 is 0.650 bits per heavy atom. The molecule has 4 atom stereocenters. The van der Waals surface area contributed by atoms with E-state index >= 15 is 0 Å².